The molecule has 3 rings (SSSR count). The van der Waals surface area contributed by atoms with Gasteiger partial charge in [0.05, 0.1) is 25.9 Å². The highest BCUT2D eigenvalue weighted by Crippen LogP contribution is 2.14. The fraction of sp³-hybridized carbons (Fsp3) is 0.381. The van der Waals surface area contributed by atoms with Crippen molar-refractivity contribution in [2.75, 3.05) is 38.2 Å². The number of rotatable bonds is 7. The van der Waals surface area contributed by atoms with Crippen LogP contribution in [0, 0.1) is 0 Å². The van der Waals surface area contributed by atoms with E-state index < -0.39 is 0 Å². The van der Waals surface area contributed by atoms with Crippen molar-refractivity contribution in [3.8, 4) is 5.75 Å². The summed E-state index contributed by atoms with van der Waals surface area (Å²) in [6.07, 6.45) is 0.0716. The van der Waals surface area contributed by atoms with Gasteiger partial charge < -0.3 is 24.4 Å². The lowest BCUT2D eigenvalue weighted by molar-refractivity contribution is -0.00138. The molecule has 1 aliphatic rings. The van der Waals surface area contributed by atoms with Crippen LogP contribution in [-0.2, 0) is 16.1 Å². The Bertz CT molecular complexity index is 723. The smallest absolute Gasteiger partial charge is 0.322 e. The fourth-order valence-corrected chi connectivity index (χ4v) is 2.87. The lowest BCUT2D eigenvalue weighted by Gasteiger charge is -2.31. The van der Waals surface area contributed by atoms with Crippen molar-refractivity contribution in [3.63, 3.8) is 0 Å². The largest absolute Gasteiger partial charge is 0.491 e. The number of carbonyl (C=O) groups is 1. The summed E-state index contributed by atoms with van der Waals surface area (Å²) in [7, 11) is 0. The van der Waals surface area contributed by atoms with E-state index in [0.717, 1.165) is 17.0 Å². The summed E-state index contributed by atoms with van der Waals surface area (Å²) in [6.45, 7) is 5.23. The number of morpholine rings is 1. The molecule has 1 heterocycles. The van der Waals surface area contributed by atoms with Gasteiger partial charge in [-0.05, 0) is 36.8 Å². The number of carbonyl (C=O) groups excluding carboxylic acids is 1. The quantitative estimate of drug-likeness (QED) is 0.758. The van der Waals surface area contributed by atoms with Gasteiger partial charge in [0.15, 0.2) is 0 Å². The van der Waals surface area contributed by atoms with E-state index in [1.54, 1.807) is 4.90 Å². The molecule has 0 spiro atoms. The van der Waals surface area contributed by atoms with Crippen molar-refractivity contribution < 1.29 is 19.0 Å². The zero-order chi connectivity index (χ0) is 18.9. The number of nitrogens with zero attached hydrogens (tertiary/aromatic N) is 1. The monoisotopic (exact) mass is 370 g/mol. The van der Waals surface area contributed by atoms with E-state index in [1.807, 2.05) is 61.5 Å². The molecule has 1 N–H and O–H groups in total. The third kappa shape index (κ3) is 6.27. The molecule has 1 fully saturated rings. The minimum absolute atomic E-state index is 0.0716. The molecule has 2 aromatic rings. The topological polar surface area (TPSA) is 60.0 Å². The Balaban J connectivity index is 1.41. The second-order valence-electron chi connectivity index (χ2n) is 6.47. The molecular weight excluding hydrogens is 344 g/mol. The van der Waals surface area contributed by atoms with Gasteiger partial charge >= 0.3 is 6.03 Å². The van der Waals surface area contributed by atoms with Crippen LogP contribution in [0.15, 0.2) is 54.6 Å². The summed E-state index contributed by atoms with van der Waals surface area (Å²) in [5, 5.41) is 2.95. The van der Waals surface area contributed by atoms with Crippen molar-refractivity contribution in [2.45, 2.75) is 19.6 Å². The van der Waals surface area contributed by atoms with Gasteiger partial charge in [-0.25, -0.2) is 4.79 Å². The minimum atomic E-state index is -0.0977. The average Bonchev–Trinajstić information content (AvgIpc) is 2.69. The maximum Gasteiger partial charge on any atom is 0.322 e. The second-order valence-corrected chi connectivity index (χ2v) is 6.47. The van der Waals surface area contributed by atoms with Crippen LogP contribution in [0.1, 0.15) is 12.5 Å². The summed E-state index contributed by atoms with van der Waals surface area (Å²) in [5.74, 6) is 0.836. The molecule has 0 unspecified atom stereocenters. The van der Waals surface area contributed by atoms with E-state index in [9.17, 15) is 4.79 Å². The van der Waals surface area contributed by atoms with Gasteiger partial charge in [0, 0.05) is 18.8 Å². The summed E-state index contributed by atoms with van der Waals surface area (Å²) in [5.41, 5.74) is 1.77. The third-order valence-electron chi connectivity index (χ3n) is 4.21. The predicted octanol–water partition coefficient (Wildman–Crippen LogP) is 3.53. The van der Waals surface area contributed by atoms with Gasteiger partial charge in [0.1, 0.15) is 12.4 Å². The molecule has 6 nitrogen and oxygen atoms in total. The third-order valence-corrected chi connectivity index (χ3v) is 4.21. The summed E-state index contributed by atoms with van der Waals surface area (Å²) >= 11 is 0. The normalized spacial score (nSPS) is 16.8. The lowest BCUT2D eigenvalue weighted by atomic mass is 10.2. The number of ether oxygens (including phenoxy) is 3. The van der Waals surface area contributed by atoms with Crippen molar-refractivity contribution in [1.82, 2.24) is 4.90 Å². The number of urea groups is 1. The molecule has 0 aromatic heterocycles. The maximum absolute atomic E-state index is 12.4. The number of amides is 2. The van der Waals surface area contributed by atoms with E-state index in [4.69, 9.17) is 14.2 Å². The molecule has 0 saturated carbocycles. The van der Waals surface area contributed by atoms with Crippen LogP contribution in [0.25, 0.3) is 0 Å². The van der Waals surface area contributed by atoms with Crippen LogP contribution >= 0.6 is 0 Å². The Kier molecular flexibility index (Phi) is 7.07. The molecule has 0 bridgehead atoms. The van der Waals surface area contributed by atoms with Gasteiger partial charge in [-0.2, -0.15) is 0 Å². The van der Waals surface area contributed by atoms with Gasteiger partial charge in [-0.15, -0.1) is 0 Å². The van der Waals surface area contributed by atoms with Crippen molar-refractivity contribution in [3.05, 3.63) is 60.2 Å². The SMILES string of the molecule is C[C@@H]1CN(C(=O)Nc2cccc(COCCOc3ccccc3)c2)CCO1. The molecule has 27 heavy (non-hydrogen) atoms. The Morgan fingerprint density at radius 3 is 2.85 bits per heavy atom. The summed E-state index contributed by atoms with van der Waals surface area (Å²) in [4.78, 5) is 14.1. The molecule has 1 aliphatic heterocycles. The summed E-state index contributed by atoms with van der Waals surface area (Å²) < 4.78 is 16.7. The molecular formula is C21H26N2O4. The number of anilines is 1. The van der Waals surface area contributed by atoms with Crippen LogP contribution in [0.4, 0.5) is 10.5 Å². The summed E-state index contributed by atoms with van der Waals surface area (Å²) in [6, 6.07) is 17.3. The van der Waals surface area contributed by atoms with Gasteiger partial charge in [-0.1, -0.05) is 30.3 Å². The highest BCUT2D eigenvalue weighted by Gasteiger charge is 2.21. The minimum Gasteiger partial charge on any atom is -0.491 e. The Hall–Kier alpha value is -2.57. The van der Waals surface area contributed by atoms with E-state index in [0.29, 0.717) is 39.5 Å². The highest BCUT2D eigenvalue weighted by molar-refractivity contribution is 5.89. The number of hydrogen-bond donors (Lipinski definition) is 1. The van der Waals surface area contributed by atoms with E-state index in [-0.39, 0.29) is 12.1 Å². The maximum atomic E-state index is 12.4. The second kappa shape index (κ2) is 9.94. The molecule has 2 amide bonds. The van der Waals surface area contributed by atoms with Crippen LogP contribution < -0.4 is 10.1 Å². The molecule has 6 heteroatoms. The highest BCUT2D eigenvalue weighted by atomic mass is 16.5. The molecule has 144 valence electrons. The number of benzene rings is 2. The first kappa shape index (κ1) is 19.2. The Morgan fingerprint density at radius 2 is 2.04 bits per heavy atom. The molecule has 1 saturated heterocycles. The Morgan fingerprint density at radius 1 is 1.19 bits per heavy atom. The Labute approximate surface area is 160 Å². The van der Waals surface area contributed by atoms with E-state index in [2.05, 4.69) is 5.32 Å². The predicted molar refractivity (Wildman–Crippen MR) is 104 cm³/mol. The van der Waals surface area contributed by atoms with Crippen LogP contribution in [-0.4, -0.2) is 49.9 Å². The van der Waals surface area contributed by atoms with Gasteiger partial charge in [-0.3, -0.25) is 0 Å². The zero-order valence-electron chi connectivity index (χ0n) is 15.6. The lowest BCUT2D eigenvalue weighted by Crippen LogP contribution is -2.46. The zero-order valence-corrected chi connectivity index (χ0v) is 15.6. The first-order valence-corrected chi connectivity index (χ1v) is 9.23. The molecule has 0 aliphatic carbocycles. The number of hydrogen-bond acceptors (Lipinski definition) is 4. The first-order valence-electron chi connectivity index (χ1n) is 9.23. The number of nitrogens with one attached hydrogen (secondary N) is 1. The van der Waals surface area contributed by atoms with E-state index in [1.165, 1.54) is 0 Å². The van der Waals surface area contributed by atoms with Gasteiger partial charge in [0.25, 0.3) is 0 Å². The van der Waals surface area contributed by atoms with Crippen molar-refractivity contribution in [2.24, 2.45) is 0 Å². The molecule has 2 aromatic carbocycles. The van der Waals surface area contributed by atoms with Crippen LogP contribution in [0.3, 0.4) is 0 Å². The molecule has 1 atom stereocenters. The van der Waals surface area contributed by atoms with Crippen molar-refractivity contribution >= 4 is 11.7 Å². The van der Waals surface area contributed by atoms with E-state index >= 15 is 0 Å². The standard InChI is InChI=1S/C21H26N2O4/c1-17-15-23(10-11-26-17)21(24)22-19-7-5-6-18(14-19)16-25-12-13-27-20-8-3-2-4-9-20/h2-9,14,17H,10-13,15-16H2,1H3,(H,22,24)/t17-/m1/s1. The van der Waals surface area contributed by atoms with Crippen LogP contribution in [0.5, 0.6) is 5.75 Å². The van der Waals surface area contributed by atoms with Crippen LogP contribution in [0.2, 0.25) is 0 Å². The number of para-hydroxylation sites is 1. The first-order chi connectivity index (χ1) is 13.2. The van der Waals surface area contributed by atoms with Crippen molar-refractivity contribution in [1.29, 1.82) is 0 Å². The average molecular weight is 370 g/mol. The fourth-order valence-electron chi connectivity index (χ4n) is 2.87. The van der Waals surface area contributed by atoms with Gasteiger partial charge in [0.2, 0.25) is 0 Å². The molecule has 0 radical (unpaired) electrons.